The number of carbonyl (C=O) groups is 1. The second kappa shape index (κ2) is 8.85. The van der Waals surface area contributed by atoms with Gasteiger partial charge in [0.25, 0.3) is 0 Å². The summed E-state index contributed by atoms with van der Waals surface area (Å²) in [6.07, 6.45) is 3.43. The van der Waals surface area contributed by atoms with Gasteiger partial charge in [-0.25, -0.2) is 22.7 Å². The van der Waals surface area contributed by atoms with Gasteiger partial charge in [0.2, 0.25) is 21.9 Å². The van der Waals surface area contributed by atoms with Crippen molar-refractivity contribution in [2.24, 2.45) is 0 Å². The Morgan fingerprint density at radius 2 is 1.79 bits per heavy atom. The molecule has 29 heavy (non-hydrogen) atoms. The van der Waals surface area contributed by atoms with Crippen LogP contribution in [0.2, 0.25) is 0 Å². The maximum atomic E-state index is 12.5. The maximum Gasteiger partial charge on any atom is 0.242 e. The summed E-state index contributed by atoms with van der Waals surface area (Å²) in [5.41, 5.74) is 1.32. The Bertz CT molecular complexity index is 957. The van der Waals surface area contributed by atoms with E-state index in [2.05, 4.69) is 25.1 Å². The third-order valence-corrected chi connectivity index (χ3v) is 6.65. The first-order valence-corrected chi connectivity index (χ1v) is 10.8. The summed E-state index contributed by atoms with van der Waals surface area (Å²) in [5.74, 6) is 0.531. The predicted octanol–water partition coefficient (Wildman–Crippen LogP) is 0.796. The highest BCUT2D eigenvalue weighted by Crippen LogP contribution is 2.22. The number of benzene rings is 1. The summed E-state index contributed by atoms with van der Waals surface area (Å²) in [6, 6.07) is 6.54. The first kappa shape index (κ1) is 21.2. The van der Waals surface area contributed by atoms with E-state index in [9.17, 15) is 13.2 Å². The molecule has 9 nitrogen and oxygen atoms in total. The molecule has 1 aliphatic rings. The summed E-state index contributed by atoms with van der Waals surface area (Å²) in [4.78, 5) is 25.3. The van der Waals surface area contributed by atoms with Crippen molar-refractivity contribution in [3.63, 3.8) is 0 Å². The van der Waals surface area contributed by atoms with Crippen molar-refractivity contribution in [1.82, 2.24) is 19.2 Å². The molecule has 1 aliphatic heterocycles. The summed E-state index contributed by atoms with van der Waals surface area (Å²) < 4.78 is 25.8. The number of nitrogens with one attached hydrogen (secondary N) is 1. The van der Waals surface area contributed by atoms with Crippen LogP contribution < -0.4 is 10.2 Å². The highest BCUT2D eigenvalue weighted by atomic mass is 32.2. The molecule has 0 bridgehead atoms. The molecule has 2 aromatic rings. The Kier molecular flexibility index (Phi) is 6.46. The molecule has 1 aromatic heterocycles. The number of hydrogen-bond acceptors (Lipinski definition) is 7. The van der Waals surface area contributed by atoms with Gasteiger partial charge in [-0.05, 0) is 30.7 Å². The Hall–Kier alpha value is -2.56. The standard InChI is InChI=1S/C19H26N6O3S/c1-15-5-6-16(29(27,28)23(2)3)13-17(15)22-18(26)14-24-9-11-25(12-10-24)19-20-7-4-8-21-19/h4-8,13H,9-12,14H2,1-3H3,(H,22,26). The molecule has 3 rings (SSSR count). The third-order valence-electron chi connectivity index (χ3n) is 4.84. The molecule has 0 spiro atoms. The Morgan fingerprint density at radius 3 is 2.41 bits per heavy atom. The maximum absolute atomic E-state index is 12.5. The zero-order valence-electron chi connectivity index (χ0n) is 16.9. The number of anilines is 2. The second-order valence-electron chi connectivity index (χ2n) is 7.12. The number of aryl methyl sites for hydroxylation is 1. The van der Waals surface area contributed by atoms with Crippen LogP contribution in [0.5, 0.6) is 0 Å². The largest absolute Gasteiger partial charge is 0.338 e. The molecule has 0 aliphatic carbocycles. The average Bonchev–Trinajstić information content (AvgIpc) is 2.70. The highest BCUT2D eigenvalue weighted by molar-refractivity contribution is 7.89. The molecule has 156 valence electrons. The monoisotopic (exact) mass is 418 g/mol. The van der Waals surface area contributed by atoms with Gasteiger partial charge < -0.3 is 10.2 Å². The quantitative estimate of drug-likeness (QED) is 0.741. The van der Waals surface area contributed by atoms with Crippen molar-refractivity contribution in [3.05, 3.63) is 42.2 Å². The number of amides is 1. The molecular weight excluding hydrogens is 392 g/mol. The van der Waals surface area contributed by atoms with E-state index < -0.39 is 10.0 Å². The van der Waals surface area contributed by atoms with Gasteiger partial charge in [0.15, 0.2) is 0 Å². The molecule has 0 atom stereocenters. The molecule has 1 aromatic carbocycles. The summed E-state index contributed by atoms with van der Waals surface area (Å²) in [7, 11) is -0.598. The highest BCUT2D eigenvalue weighted by Gasteiger charge is 2.22. The van der Waals surface area contributed by atoms with E-state index in [0.717, 1.165) is 36.0 Å². The minimum atomic E-state index is -3.56. The predicted molar refractivity (Wildman–Crippen MR) is 111 cm³/mol. The van der Waals surface area contributed by atoms with Gasteiger partial charge in [-0.2, -0.15) is 0 Å². The van der Waals surface area contributed by atoms with Gasteiger partial charge in [0, 0.05) is 58.4 Å². The Balaban J connectivity index is 1.59. The van der Waals surface area contributed by atoms with E-state index in [4.69, 9.17) is 0 Å². The molecule has 0 radical (unpaired) electrons. The second-order valence-corrected chi connectivity index (χ2v) is 9.28. The minimum absolute atomic E-state index is 0.153. The number of carbonyl (C=O) groups excluding carboxylic acids is 1. The number of sulfonamides is 1. The molecule has 1 fully saturated rings. The van der Waals surface area contributed by atoms with Gasteiger partial charge in [-0.1, -0.05) is 6.07 Å². The average molecular weight is 419 g/mol. The van der Waals surface area contributed by atoms with Crippen molar-refractivity contribution < 1.29 is 13.2 Å². The topological polar surface area (TPSA) is 98.7 Å². The third kappa shape index (κ3) is 5.08. The summed E-state index contributed by atoms with van der Waals surface area (Å²) in [6.45, 7) is 5.01. The van der Waals surface area contributed by atoms with E-state index in [1.54, 1.807) is 30.6 Å². The molecule has 1 amide bonds. The lowest BCUT2D eigenvalue weighted by molar-refractivity contribution is -0.117. The van der Waals surface area contributed by atoms with Crippen LogP contribution in [0.3, 0.4) is 0 Å². The number of nitrogens with zero attached hydrogens (tertiary/aromatic N) is 5. The van der Waals surface area contributed by atoms with E-state index in [0.29, 0.717) is 11.6 Å². The molecule has 0 unspecified atom stereocenters. The van der Waals surface area contributed by atoms with Crippen molar-refractivity contribution in [1.29, 1.82) is 0 Å². The molecule has 2 heterocycles. The lowest BCUT2D eigenvalue weighted by atomic mass is 10.2. The zero-order valence-corrected chi connectivity index (χ0v) is 17.7. The Morgan fingerprint density at radius 1 is 1.14 bits per heavy atom. The minimum Gasteiger partial charge on any atom is -0.338 e. The summed E-state index contributed by atoms with van der Waals surface area (Å²) >= 11 is 0. The van der Waals surface area contributed by atoms with E-state index in [-0.39, 0.29) is 17.3 Å². The first-order valence-electron chi connectivity index (χ1n) is 9.35. The van der Waals surface area contributed by atoms with Crippen LogP contribution in [0.25, 0.3) is 0 Å². The zero-order chi connectivity index (χ0) is 21.0. The molecule has 0 saturated carbocycles. The van der Waals surface area contributed by atoms with Crippen LogP contribution >= 0.6 is 0 Å². The normalized spacial score (nSPS) is 15.5. The lowest BCUT2D eigenvalue weighted by Gasteiger charge is -2.34. The van der Waals surface area contributed by atoms with Gasteiger partial charge in [-0.3, -0.25) is 9.69 Å². The van der Waals surface area contributed by atoms with Crippen LogP contribution in [0.1, 0.15) is 5.56 Å². The van der Waals surface area contributed by atoms with E-state index >= 15 is 0 Å². The van der Waals surface area contributed by atoms with E-state index in [1.165, 1.54) is 20.2 Å². The van der Waals surface area contributed by atoms with Crippen LogP contribution in [0.4, 0.5) is 11.6 Å². The van der Waals surface area contributed by atoms with Gasteiger partial charge in [-0.15, -0.1) is 0 Å². The van der Waals surface area contributed by atoms with Crippen LogP contribution in [-0.2, 0) is 14.8 Å². The molecular formula is C19H26N6O3S. The van der Waals surface area contributed by atoms with Crippen molar-refractivity contribution >= 4 is 27.6 Å². The summed E-state index contributed by atoms with van der Waals surface area (Å²) in [5, 5.41) is 2.85. The van der Waals surface area contributed by atoms with Crippen molar-refractivity contribution in [2.75, 3.05) is 57.0 Å². The van der Waals surface area contributed by atoms with Crippen LogP contribution in [-0.4, -0.2) is 80.3 Å². The number of piperazine rings is 1. The van der Waals surface area contributed by atoms with Gasteiger partial charge in [0.1, 0.15) is 0 Å². The lowest BCUT2D eigenvalue weighted by Crippen LogP contribution is -2.49. The fourth-order valence-corrected chi connectivity index (χ4v) is 3.99. The van der Waals surface area contributed by atoms with Gasteiger partial charge in [0.05, 0.1) is 11.4 Å². The molecule has 1 N–H and O–H groups in total. The molecule has 1 saturated heterocycles. The first-order chi connectivity index (χ1) is 13.8. The fourth-order valence-electron chi connectivity index (χ4n) is 3.06. The van der Waals surface area contributed by atoms with Gasteiger partial charge >= 0.3 is 0 Å². The SMILES string of the molecule is Cc1ccc(S(=O)(=O)N(C)C)cc1NC(=O)CN1CCN(c2ncccn2)CC1. The van der Waals surface area contributed by atoms with Crippen molar-refractivity contribution in [3.8, 4) is 0 Å². The number of aromatic nitrogens is 2. The molecule has 10 heteroatoms. The Labute approximate surface area is 171 Å². The van der Waals surface area contributed by atoms with E-state index in [1.807, 2.05) is 6.92 Å². The van der Waals surface area contributed by atoms with Crippen LogP contribution in [0, 0.1) is 6.92 Å². The smallest absolute Gasteiger partial charge is 0.242 e. The fraction of sp³-hybridized carbons (Fsp3) is 0.421. The number of rotatable bonds is 6. The van der Waals surface area contributed by atoms with Crippen LogP contribution in [0.15, 0.2) is 41.6 Å². The van der Waals surface area contributed by atoms with Crippen molar-refractivity contribution in [2.45, 2.75) is 11.8 Å². The number of hydrogen-bond donors (Lipinski definition) is 1.